The maximum absolute atomic E-state index is 14.4. The summed E-state index contributed by atoms with van der Waals surface area (Å²) < 4.78 is 78.8. The van der Waals surface area contributed by atoms with Crippen molar-refractivity contribution in [1.29, 1.82) is 0 Å². The Bertz CT molecular complexity index is 1150. The third-order valence-electron chi connectivity index (χ3n) is 5.76. The first-order valence-corrected chi connectivity index (χ1v) is 9.83. The predicted octanol–water partition coefficient (Wildman–Crippen LogP) is 4.79. The second kappa shape index (κ2) is 8.16. The van der Waals surface area contributed by atoms with Gasteiger partial charge in [-0.05, 0) is 60.2 Å². The molecule has 0 saturated heterocycles. The van der Waals surface area contributed by atoms with Gasteiger partial charge in [0.15, 0.2) is 6.10 Å². The molecule has 0 spiro atoms. The zero-order valence-corrected chi connectivity index (χ0v) is 16.4. The Morgan fingerprint density at radius 2 is 1.75 bits per heavy atom. The van der Waals surface area contributed by atoms with Crippen molar-refractivity contribution >= 4 is 16.8 Å². The molecular weight excluding hydrogens is 438 g/mol. The summed E-state index contributed by atoms with van der Waals surface area (Å²) >= 11 is 0. The van der Waals surface area contributed by atoms with Crippen molar-refractivity contribution in [2.75, 3.05) is 6.54 Å². The third kappa shape index (κ3) is 4.19. The van der Waals surface area contributed by atoms with E-state index in [-0.39, 0.29) is 29.7 Å². The number of halogens is 6. The van der Waals surface area contributed by atoms with E-state index in [1.165, 1.54) is 30.3 Å². The second-order valence-electron chi connectivity index (χ2n) is 7.90. The van der Waals surface area contributed by atoms with Crippen molar-refractivity contribution in [3.05, 3.63) is 59.4 Å². The lowest BCUT2D eigenvalue weighted by Crippen LogP contribution is -2.45. The molecule has 4 nitrogen and oxygen atoms in total. The van der Waals surface area contributed by atoms with Crippen molar-refractivity contribution in [3.63, 3.8) is 0 Å². The standard InChI is InChI=1S/C22H18F6N2O2/c23-13-3-1-10(2-4-13)19-18(15-7-14(24)8-16(25)20(15)30-19)11-5-12(6-11)21(32)29-9-17(31)22(26,27)28/h1-4,7-8,11-12,17,30-31H,5-6,9H2,(H,29,32)/t11?,12?,17-/m0/s1. The number of carbonyl (C=O) groups is 1. The van der Waals surface area contributed by atoms with Gasteiger partial charge in [0.2, 0.25) is 5.91 Å². The van der Waals surface area contributed by atoms with E-state index in [4.69, 9.17) is 5.11 Å². The Balaban J connectivity index is 1.59. The molecule has 0 bridgehead atoms. The van der Waals surface area contributed by atoms with Gasteiger partial charge in [-0.25, -0.2) is 13.2 Å². The Kier molecular flexibility index (Phi) is 5.66. The van der Waals surface area contributed by atoms with Gasteiger partial charge >= 0.3 is 6.18 Å². The van der Waals surface area contributed by atoms with Crippen LogP contribution in [0.5, 0.6) is 0 Å². The van der Waals surface area contributed by atoms with E-state index in [9.17, 15) is 31.1 Å². The molecule has 1 heterocycles. The highest BCUT2D eigenvalue weighted by molar-refractivity contribution is 5.92. The molecule has 0 radical (unpaired) electrons. The number of aliphatic hydroxyl groups excluding tert-OH is 1. The van der Waals surface area contributed by atoms with Crippen LogP contribution in [0, 0.1) is 23.4 Å². The lowest BCUT2D eigenvalue weighted by atomic mass is 9.70. The smallest absolute Gasteiger partial charge is 0.382 e. The molecule has 1 saturated carbocycles. The number of aromatic amines is 1. The molecule has 0 unspecified atom stereocenters. The van der Waals surface area contributed by atoms with Crippen LogP contribution < -0.4 is 5.32 Å². The van der Waals surface area contributed by atoms with Gasteiger partial charge in [0.1, 0.15) is 17.5 Å². The van der Waals surface area contributed by atoms with Gasteiger partial charge in [-0.3, -0.25) is 4.79 Å². The number of hydrogen-bond acceptors (Lipinski definition) is 2. The fourth-order valence-corrected chi connectivity index (χ4v) is 4.03. The maximum Gasteiger partial charge on any atom is 0.416 e. The van der Waals surface area contributed by atoms with Gasteiger partial charge in [0, 0.05) is 17.4 Å². The first kappa shape index (κ1) is 22.2. The minimum absolute atomic E-state index is 0.0712. The van der Waals surface area contributed by atoms with Crippen LogP contribution in [0.3, 0.4) is 0 Å². The van der Waals surface area contributed by atoms with E-state index in [0.29, 0.717) is 16.8 Å². The highest BCUT2D eigenvalue weighted by Gasteiger charge is 2.41. The minimum Gasteiger partial charge on any atom is -0.382 e. The van der Waals surface area contributed by atoms with Gasteiger partial charge in [0.05, 0.1) is 17.8 Å². The normalized spacial score (nSPS) is 19.6. The molecule has 1 atom stereocenters. The second-order valence-corrected chi connectivity index (χ2v) is 7.90. The predicted molar refractivity (Wildman–Crippen MR) is 104 cm³/mol. The number of amides is 1. The van der Waals surface area contributed by atoms with Gasteiger partial charge in [-0.1, -0.05) is 0 Å². The summed E-state index contributed by atoms with van der Waals surface area (Å²) in [5.74, 6) is -3.59. The Morgan fingerprint density at radius 3 is 2.38 bits per heavy atom. The van der Waals surface area contributed by atoms with E-state index in [1.807, 2.05) is 0 Å². The molecule has 1 fully saturated rings. The molecule has 1 amide bonds. The summed E-state index contributed by atoms with van der Waals surface area (Å²) in [5.41, 5.74) is 1.63. The average Bonchev–Trinajstić information content (AvgIpc) is 3.04. The quantitative estimate of drug-likeness (QED) is 0.484. The first-order valence-electron chi connectivity index (χ1n) is 9.83. The number of aliphatic hydroxyl groups is 1. The van der Waals surface area contributed by atoms with E-state index < -0.39 is 48.1 Å². The lowest BCUT2D eigenvalue weighted by Gasteiger charge is -2.35. The number of nitrogens with one attached hydrogen (secondary N) is 2. The zero-order chi connectivity index (χ0) is 23.2. The number of aromatic nitrogens is 1. The van der Waals surface area contributed by atoms with Crippen LogP contribution in [0.4, 0.5) is 26.3 Å². The molecule has 10 heteroatoms. The summed E-state index contributed by atoms with van der Waals surface area (Å²) in [6.07, 6.45) is -7.01. The van der Waals surface area contributed by atoms with Gasteiger partial charge < -0.3 is 15.4 Å². The zero-order valence-electron chi connectivity index (χ0n) is 16.4. The van der Waals surface area contributed by atoms with E-state index in [0.717, 1.165) is 6.07 Å². The molecule has 32 heavy (non-hydrogen) atoms. The van der Waals surface area contributed by atoms with Crippen LogP contribution >= 0.6 is 0 Å². The Labute approximate surface area is 178 Å². The maximum atomic E-state index is 14.4. The van der Waals surface area contributed by atoms with Crippen molar-refractivity contribution in [2.45, 2.75) is 31.0 Å². The number of rotatable bonds is 5. The molecule has 0 aliphatic heterocycles. The number of benzene rings is 2. The Hall–Kier alpha value is -3.01. The van der Waals surface area contributed by atoms with Crippen molar-refractivity contribution in [1.82, 2.24) is 10.3 Å². The first-order chi connectivity index (χ1) is 15.0. The fourth-order valence-electron chi connectivity index (χ4n) is 4.03. The van der Waals surface area contributed by atoms with Gasteiger partial charge in [-0.15, -0.1) is 0 Å². The van der Waals surface area contributed by atoms with Crippen molar-refractivity contribution < 1.29 is 36.2 Å². The molecule has 4 rings (SSSR count). The molecule has 1 aromatic heterocycles. The minimum atomic E-state index is -4.84. The highest BCUT2D eigenvalue weighted by Crippen LogP contribution is 2.48. The van der Waals surface area contributed by atoms with Gasteiger partial charge in [-0.2, -0.15) is 13.2 Å². The highest BCUT2D eigenvalue weighted by atomic mass is 19.4. The van der Waals surface area contributed by atoms with E-state index in [1.54, 1.807) is 0 Å². The average molecular weight is 456 g/mol. The summed E-state index contributed by atoms with van der Waals surface area (Å²) in [5, 5.41) is 11.4. The monoisotopic (exact) mass is 456 g/mol. The Morgan fingerprint density at radius 1 is 1.09 bits per heavy atom. The molecular formula is C22H18F6N2O2. The van der Waals surface area contributed by atoms with Crippen LogP contribution in [0.1, 0.15) is 24.3 Å². The van der Waals surface area contributed by atoms with Crippen LogP contribution in [-0.2, 0) is 4.79 Å². The van der Waals surface area contributed by atoms with Crippen LogP contribution in [0.25, 0.3) is 22.2 Å². The van der Waals surface area contributed by atoms with E-state index >= 15 is 0 Å². The van der Waals surface area contributed by atoms with Crippen molar-refractivity contribution in [3.8, 4) is 11.3 Å². The third-order valence-corrected chi connectivity index (χ3v) is 5.76. The van der Waals surface area contributed by atoms with Crippen LogP contribution in [0.2, 0.25) is 0 Å². The number of H-pyrrole nitrogens is 1. The van der Waals surface area contributed by atoms with E-state index in [2.05, 4.69) is 10.3 Å². The van der Waals surface area contributed by atoms with Crippen LogP contribution in [0.15, 0.2) is 36.4 Å². The number of hydrogen-bond donors (Lipinski definition) is 3. The molecule has 1 aliphatic carbocycles. The van der Waals surface area contributed by atoms with Crippen molar-refractivity contribution in [2.24, 2.45) is 5.92 Å². The molecule has 3 N–H and O–H groups in total. The molecule has 1 aliphatic rings. The number of fused-ring (bicyclic) bond motifs is 1. The number of alkyl halides is 3. The molecule has 2 aromatic carbocycles. The van der Waals surface area contributed by atoms with Gasteiger partial charge in [0.25, 0.3) is 0 Å². The number of carbonyl (C=O) groups excluding carboxylic acids is 1. The largest absolute Gasteiger partial charge is 0.416 e. The molecule has 3 aromatic rings. The molecule has 170 valence electrons. The topological polar surface area (TPSA) is 65.1 Å². The lowest BCUT2D eigenvalue weighted by molar-refractivity contribution is -0.202. The SMILES string of the molecule is O=C(NC[C@H](O)C(F)(F)F)C1CC(c2c(-c3ccc(F)cc3)[nH]c3c(F)cc(F)cc23)C1. The fraction of sp³-hybridized carbons (Fsp3) is 0.318. The summed E-state index contributed by atoms with van der Waals surface area (Å²) in [7, 11) is 0. The summed E-state index contributed by atoms with van der Waals surface area (Å²) in [6, 6.07) is 7.33. The summed E-state index contributed by atoms with van der Waals surface area (Å²) in [6.45, 7) is -0.951. The van der Waals surface area contributed by atoms with Crippen LogP contribution in [-0.4, -0.2) is 34.8 Å². The summed E-state index contributed by atoms with van der Waals surface area (Å²) in [4.78, 5) is 15.1.